The zero-order chi connectivity index (χ0) is 15.6. The number of halogens is 3. The van der Waals surface area contributed by atoms with Crippen LogP contribution in [0.3, 0.4) is 0 Å². The van der Waals surface area contributed by atoms with Gasteiger partial charge in [-0.25, -0.2) is 0 Å². The predicted octanol–water partition coefficient (Wildman–Crippen LogP) is 4.43. The van der Waals surface area contributed by atoms with Gasteiger partial charge in [0.1, 0.15) is 0 Å². The van der Waals surface area contributed by atoms with Crippen LogP contribution in [0.1, 0.15) is 50.4 Å². The Labute approximate surface area is 124 Å². The molecule has 1 aromatic rings. The molecule has 118 valence electrons. The summed E-state index contributed by atoms with van der Waals surface area (Å²) in [5.41, 5.74) is 0.0169. The fourth-order valence-corrected chi connectivity index (χ4v) is 3.66. The molecular formula is C16H23F3N2. The highest BCUT2D eigenvalue weighted by Gasteiger charge is 2.33. The lowest BCUT2D eigenvalue weighted by molar-refractivity contribution is -0.137. The lowest BCUT2D eigenvalue weighted by atomic mass is 9.73. The van der Waals surface area contributed by atoms with E-state index in [1.165, 1.54) is 12.5 Å². The normalized spacial score (nSPS) is 28.4. The molecule has 1 heterocycles. The Bertz CT molecular complexity index is 446. The van der Waals surface area contributed by atoms with Gasteiger partial charge in [0.25, 0.3) is 0 Å². The summed E-state index contributed by atoms with van der Waals surface area (Å²) in [6, 6.07) is 2.66. The zero-order valence-electron chi connectivity index (χ0n) is 12.7. The first-order valence-electron chi connectivity index (χ1n) is 7.51. The summed E-state index contributed by atoms with van der Waals surface area (Å²) in [7, 11) is 1.86. The van der Waals surface area contributed by atoms with Gasteiger partial charge in [-0.3, -0.25) is 4.98 Å². The molecule has 3 atom stereocenters. The average molecular weight is 300 g/mol. The number of nitrogens with one attached hydrogen (secondary N) is 1. The first-order valence-corrected chi connectivity index (χ1v) is 7.51. The highest BCUT2D eigenvalue weighted by Crippen LogP contribution is 2.39. The number of rotatable bonds is 3. The van der Waals surface area contributed by atoms with Gasteiger partial charge in [0, 0.05) is 6.20 Å². The van der Waals surface area contributed by atoms with E-state index in [4.69, 9.17) is 0 Å². The molecule has 1 aromatic heterocycles. The minimum Gasteiger partial charge on any atom is -0.311 e. The molecule has 0 spiro atoms. The maximum atomic E-state index is 12.6. The van der Waals surface area contributed by atoms with Crippen molar-refractivity contribution >= 4 is 0 Å². The van der Waals surface area contributed by atoms with E-state index in [0.29, 0.717) is 23.4 Å². The minimum atomic E-state index is -4.32. The molecule has 1 N–H and O–H groups in total. The Morgan fingerprint density at radius 2 is 1.76 bits per heavy atom. The Hall–Kier alpha value is -1.10. The average Bonchev–Trinajstić information content (AvgIpc) is 2.38. The van der Waals surface area contributed by atoms with Crippen LogP contribution >= 0.6 is 0 Å². The molecule has 0 aromatic carbocycles. The van der Waals surface area contributed by atoms with Crippen LogP contribution in [0.2, 0.25) is 0 Å². The van der Waals surface area contributed by atoms with Crippen molar-refractivity contribution in [1.29, 1.82) is 0 Å². The van der Waals surface area contributed by atoms with E-state index in [1.807, 2.05) is 7.05 Å². The van der Waals surface area contributed by atoms with Gasteiger partial charge in [0.05, 0.1) is 17.3 Å². The largest absolute Gasteiger partial charge is 0.417 e. The molecule has 3 unspecified atom stereocenters. The van der Waals surface area contributed by atoms with Crippen molar-refractivity contribution < 1.29 is 13.2 Å². The monoisotopic (exact) mass is 300 g/mol. The number of hydrogen-bond donors (Lipinski definition) is 1. The summed E-state index contributed by atoms with van der Waals surface area (Å²) in [4.78, 5) is 4.06. The van der Waals surface area contributed by atoms with Gasteiger partial charge in [0.15, 0.2) is 0 Å². The summed E-state index contributed by atoms with van der Waals surface area (Å²) >= 11 is 0. The van der Waals surface area contributed by atoms with Crippen LogP contribution in [-0.4, -0.2) is 12.0 Å². The SMILES string of the molecule is CNC(c1ccc(C(F)(F)F)cn1)C1CC(C)CC(C)C1. The molecule has 5 heteroatoms. The van der Waals surface area contributed by atoms with Crippen molar-refractivity contribution in [3.63, 3.8) is 0 Å². The number of nitrogens with zero attached hydrogens (tertiary/aromatic N) is 1. The van der Waals surface area contributed by atoms with E-state index < -0.39 is 11.7 Å². The fraction of sp³-hybridized carbons (Fsp3) is 0.688. The molecule has 1 saturated carbocycles. The van der Waals surface area contributed by atoms with Crippen molar-refractivity contribution in [3.8, 4) is 0 Å². The van der Waals surface area contributed by atoms with Gasteiger partial charge >= 0.3 is 6.18 Å². The van der Waals surface area contributed by atoms with Crippen LogP contribution in [0.5, 0.6) is 0 Å². The quantitative estimate of drug-likeness (QED) is 0.893. The molecule has 21 heavy (non-hydrogen) atoms. The van der Waals surface area contributed by atoms with E-state index in [0.717, 1.165) is 25.1 Å². The van der Waals surface area contributed by atoms with Crippen molar-refractivity contribution in [3.05, 3.63) is 29.6 Å². The summed E-state index contributed by atoms with van der Waals surface area (Å²) in [6.45, 7) is 4.49. The lowest BCUT2D eigenvalue weighted by Crippen LogP contribution is -2.32. The topological polar surface area (TPSA) is 24.9 Å². The number of hydrogen-bond acceptors (Lipinski definition) is 2. The third-order valence-corrected chi connectivity index (χ3v) is 4.43. The molecule has 0 radical (unpaired) electrons. The molecule has 1 aliphatic rings. The van der Waals surface area contributed by atoms with Crippen molar-refractivity contribution in [2.75, 3.05) is 7.05 Å². The second-order valence-electron chi connectivity index (χ2n) is 6.41. The van der Waals surface area contributed by atoms with Crippen LogP contribution < -0.4 is 5.32 Å². The third kappa shape index (κ3) is 3.96. The van der Waals surface area contributed by atoms with Crippen LogP contribution in [0.25, 0.3) is 0 Å². The first kappa shape index (κ1) is 16.3. The van der Waals surface area contributed by atoms with Crippen molar-refractivity contribution in [2.45, 2.75) is 45.3 Å². The number of alkyl halides is 3. The molecule has 0 amide bonds. The maximum absolute atomic E-state index is 12.6. The first-order chi connectivity index (χ1) is 9.81. The van der Waals surface area contributed by atoms with Gasteiger partial charge in [-0.05, 0) is 56.2 Å². The van der Waals surface area contributed by atoms with Crippen molar-refractivity contribution in [2.24, 2.45) is 17.8 Å². The fourth-order valence-electron chi connectivity index (χ4n) is 3.66. The van der Waals surface area contributed by atoms with Crippen LogP contribution in [0.4, 0.5) is 13.2 Å². The van der Waals surface area contributed by atoms with Crippen LogP contribution in [0, 0.1) is 17.8 Å². The third-order valence-electron chi connectivity index (χ3n) is 4.43. The summed E-state index contributed by atoms with van der Waals surface area (Å²) < 4.78 is 37.8. The molecular weight excluding hydrogens is 277 g/mol. The Balaban J connectivity index is 2.17. The van der Waals surface area contributed by atoms with Crippen molar-refractivity contribution in [1.82, 2.24) is 10.3 Å². The smallest absolute Gasteiger partial charge is 0.311 e. The molecule has 0 saturated heterocycles. The van der Waals surface area contributed by atoms with Crippen LogP contribution in [-0.2, 0) is 6.18 Å². The minimum absolute atomic E-state index is 0.0254. The van der Waals surface area contributed by atoms with Crippen LogP contribution in [0.15, 0.2) is 18.3 Å². The number of pyridine rings is 1. The van der Waals surface area contributed by atoms with E-state index in [2.05, 4.69) is 24.1 Å². The highest BCUT2D eigenvalue weighted by atomic mass is 19.4. The molecule has 2 nitrogen and oxygen atoms in total. The van der Waals surface area contributed by atoms with E-state index in [-0.39, 0.29) is 6.04 Å². The lowest BCUT2D eigenvalue weighted by Gasteiger charge is -2.36. The summed E-state index contributed by atoms with van der Waals surface area (Å²) in [5.74, 6) is 1.74. The zero-order valence-corrected chi connectivity index (χ0v) is 12.7. The van der Waals surface area contributed by atoms with Gasteiger partial charge in [0.2, 0.25) is 0 Å². The second-order valence-corrected chi connectivity index (χ2v) is 6.41. The maximum Gasteiger partial charge on any atom is 0.417 e. The van der Waals surface area contributed by atoms with Gasteiger partial charge in [-0.1, -0.05) is 13.8 Å². The standard InChI is InChI=1S/C16H23F3N2/c1-10-6-11(2)8-12(7-10)15(20-3)14-5-4-13(9-21-14)16(17,18)19/h4-5,9-12,15,20H,6-8H2,1-3H3. The summed E-state index contributed by atoms with van der Waals surface area (Å²) in [5, 5.41) is 3.24. The van der Waals surface area contributed by atoms with E-state index >= 15 is 0 Å². The molecule has 1 fully saturated rings. The molecule has 0 bridgehead atoms. The van der Waals surface area contributed by atoms with E-state index in [1.54, 1.807) is 0 Å². The molecule has 2 rings (SSSR count). The number of aromatic nitrogens is 1. The summed E-state index contributed by atoms with van der Waals surface area (Å²) in [6.07, 6.45) is 0.0361. The van der Waals surface area contributed by atoms with Gasteiger partial charge in [-0.2, -0.15) is 13.2 Å². The predicted molar refractivity (Wildman–Crippen MR) is 76.7 cm³/mol. The molecule has 1 aliphatic carbocycles. The highest BCUT2D eigenvalue weighted by molar-refractivity contribution is 5.19. The van der Waals surface area contributed by atoms with Gasteiger partial charge < -0.3 is 5.32 Å². The molecule has 0 aliphatic heterocycles. The second kappa shape index (κ2) is 6.34. The Kier molecular flexibility index (Phi) is 4.91. The Morgan fingerprint density at radius 3 is 2.19 bits per heavy atom. The van der Waals surface area contributed by atoms with E-state index in [9.17, 15) is 13.2 Å². The van der Waals surface area contributed by atoms with Gasteiger partial charge in [-0.15, -0.1) is 0 Å². The Morgan fingerprint density at radius 1 is 1.14 bits per heavy atom.